The summed E-state index contributed by atoms with van der Waals surface area (Å²) in [6.45, 7) is 5.69. The van der Waals surface area contributed by atoms with Crippen molar-refractivity contribution in [1.82, 2.24) is 10.3 Å². The Labute approximate surface area is 136 Å². The van der Waals surface area contributed by atoms with Gasteiger partial charge in [-0.2, -0.15) is 0 Å². The molecule has 3 rings (SSSR count). The van der Waals surface area contributed by atoms with Crippen LogP contribution in [0.5, 0.6) is 0 Å². The molecule has 1 aliphatic rings. The van der Waals surface area contributed by atoms with E-state index in [1.165, 1.54) is 0 Å². The number of morpholine rings is 1. The van der Waals surface area contributed by atoms with Crippen LogP contribution in [0.2, 0.25) is 0 Å². The zero-order valence-electron chi connectivity index (χ0n) is 13.3. The average Bonchev–Trinajstić information content (AvgIpc) is 2.61. The summed E-state index contributed by atoms with van der Waals surface area (Å²) in [5, 5.41) is 2.93. The van der Waals surface area contributed by atoms with E-state index in [4.69, 9.17) is 4.74 Å². The Bertz CT molecular complexity index is 664. The summed E-state index contributed by atoms with van der Waals surface area (Å²) in [6.07, 6.45) is 1.82. The van der Waals surface area contributed by atoms with Gasteiger partial charge in [-0.05, 0) is 30.7 Å². The highest BCUT2D eigenvalue weighted by Gasteiger charge is 2.12. The zero-order chi connectivity index (χ0) is 16.1. The molecule has 0 saturated carbocycles. The third kappa shape index (κ3) is 4.07. The van der Waals surface area contributed by atoms with E-state index in [0.29, 0.717) is 12.1 Å². The topological polar surface area (TPSA) is 54.5 Å². The SMILES string of the molecule is Cc1cccc(C(=O)NCc2ccc(N3CCOCC3)nc2)c1. The fourth-order valence-electron chi connectivity index (χ4n) is 2.57. The first-order chi connectivity index (χ1) is 11.2. The zero-order valence-corrected chi connectivity index (χ0v) is 13.3. The molecule has 0 unspecified atom stereocenters. The van der Waals surface area contributed by atoms with Gasteiger partial charge in [0, 0.05) is 31.4 Å². The van der Waals surface area contributed by atoms with E-state index in [1.807, 2.05) is 49.5 Å². The second-order valence-corrected chi connectivity index (χ2v) is 5.68. The van der Waals surface area contributed by atoms with Crippen molar-refractivity contribution >= 4 is 11.7 Å². The van der Waals surface area contributed by atoms with Crippen LogP contribution in [0.15, 0.2) is 42.6 Å². The number of amides is 1. The number of hydrogen-bond acceptors (Lipinski definition) is 4. The summed E-state index contributed by atoms with van der Waals surface area (Å²) < 4.78 is 5.34. The average molecular weight is 311 g/mol. The van der Waals surface area contributed by atoms with Gasteiger partial charge in [0.1, 0.15) is 5.82 Å². The molecule has 5 nitrogen and oxygen atoms in total. The second kappa shape index (κ2) is 7.24. The van der Waals surface area contributed by atoms with Gasteiger partial charge in [-0.3, -0.25) is 4.79 Å². The number of aromatic nitrogens is 1. The number of aryl methyl sites for hydroxylation is 1. The predicted octanol–water partition coefficient (Wildman–Crippen LogP) is 2.16. The maximum atomic E-state index is 12.1. The van der Waals surface area contributed by atoms with E-state index in [1.54, 1.807) is 0 Å². The van der Waals surface area contributed by atoms with Crippen LogP contribution in [0.3, 0.4) is 0 Å². The molecule has 0 atom stereocenters. The van der Waals surface area contributed by atoms with Crippen LogP contribution in [0.25, 0.3) is 0 Å². The van der Waals surface area contributed by atoms with Gasteiger partial charge in [0.25, 0.3) is 5.91 Å². The molecule has 1 N–H and O–H groups in total. The number of carbonyl (C=O) groups is 1. The van der Waals surface area contributed by atoms with Crippen LogP contribution < -0.4 is 10.2 Å². The normalized spacial score (nSPS) is 14.6. The molecule has 5 heteroatoms. The molecule has 1 amide bonds. The van der Waals surface area contributed by atoms with Gasteiger partial charge in [0.15, 0.2) is 0 Å². The van der Waals surface area contributed by atoms with Gasteiger partial charge in [-0.1, -0.05) is 23.8 Å². The van der Waals surface area contributed by atoms with Crippen molar-refractivity contribution in [2.45, 2.75) is 13.5 Å². The van der Waals surface area contributed by atoms with Crippen LogP contribution in [0.1, 0.15) is 21.5 Å². The maximum Gasteiger partial charge on any atom is 0.251 e. The predicted molar refractivity (Wildman–Crippen MR) is 89.6 cm³/mol. The van der Waals surface area contributed by atoms with E-state index in [2.05, 4.69) is 15.2 Å². The van der Waals surface area contributed by atoms with E-state index in [-0.39, 0.29) is 5.91 Å². The molecule has 0 spiro atoms. The molecule has 0 radical (unpaired) electrons. The molecular formula is C18H21N3O2. The van der Waals surface area contributed by atoms with Gasteiger partial charge in [-0.15, -0.1) is 0 Å². The lowest BCUT2D eigenvalue weighted by Crippen LogP contribution is -2.36. The molecular weight excluding hydrogens is 290 g/mol. The first-order valence-corrected chi connectivity index (χ1v) is 7.85. The summed E-state index contributed by atoms with van der Waals surface area (Å²) in [5.41, 5.74) is 2.75. The van der Waals surface area contributed by atoms with Crippen LogP contribution in [-0.2, 0) is 11.3 Å². The van der Waals surface area contributed by atoms with Crippen molar-refractivity contribution in [2.75, 3.05) is 31.2 Å². The highest BCUT2D eigenvalue weighted by Crippen LogP contribution is 2.13. The molecule has 1 fully saturated rings. The van der Waals surface area contributed by atoms with Crippen LogP contribution in [-0.4, -0.2) is 37.2 Å². The molecule has 23 heavy (non-hydrogen) atoms. The van der Waals surface area contributed by atoms with E-state index >= 15 is 0 Å². The Balaban J connectivity index is 1.57. The molecule has 1 aromatic heterocycles. The minimum atomic E-state index is -0.0639. The monoisotopic (exact) mass is 311 g/mol. The standard InChI is InChI=1S/C18H21N3O2/c1-14-3-2-4-16(11-14)18(22)20-13-15-5-6-17(19-12-15)21-7-9-23-10-8-21/h2-6,11-12H,7-10,13H2,1H3,(H,20,22). The Hall–Kier alpha value is -2.40. The highest BCUT2D eigenvalue weighted by atomic mass is 16.5. The molecule has 2 heterocycles. The number of nitrogens with zero attached hydrogens (tertiary/aromatic N) is 2. The van der Waals surface area contributed by atoms with Crippen molar-refractivity contribution in [3.63, 3.8) is 0 Å². The van der Waals surface area contributed by atoms with Crippen LogP contribution in [0, 0.1) is 6.92 Å². The smallest absolute Gasteiger partial charge is 0.251 e. The summed E-state index contributed by atoms with van der Waals surface area (Å²) in [7, 11) is 0. The Morgan fingerprint density at radius 3 is 2.78 bits per heavy atom. The summed E-state index contributed by atoms with van der Waals surface area (Å²) in [6, 6.07) is 11.6. The number of benzene rings is 1. The Kier molecular flexibility index (Phi) is 4.88. The molecule has 1 aromatic carbocycles. The van der Waals surface area contributed by atoms with Crippen molar-refractivity contribution in [3.8, 4) is 0 Å². The maximum absolute atomic E-state index is 12.1. The lowest BCUT2D eigenvalue weighted by Gasteiger charge is -2.27. The number of anilines is 1. The molecule has 1 saturated heterocycles. The van der Waals surface area contributed by atoms with Gasteiger partial charge in [0.05, 0.1) is 13.2 Å². The summed E-state index contributed by atoms with van der Waals surface area (Å²) in [5.74, 6) is 0.896. The Morgan fingerprint density at radius 2 is 2.09 bits per heavy atom. The number of rotatable bonds is 4. The van der Waals surface area contributed by atoms with Gasteiger partial charge < -0.3 is 15.0 Å². The second-order valence-electron chi connectivity index (χ2n) is 5.68. The van der Waals surface area contributed by atoms with Gasteiger partial charge in [0.2, 0.25) is 0 Å². The van der Waals surface area contributed by atoms with Crippen molar-refractivity contribution in [3.05, 3.63) is 59.3 Å². The van der Waals surface area contributed by atoms with E-state index in [9.17, 15) is 4.79 Å². The molecule has 120 valence electrons. The Morgan fingerprint density at radius 1 is 1.26 bits per heavy atom. The molecule has 0 bridgehead atoms. The third-order valence-electron chi connectivity index (χ3n) is 3.88. The van der Waals surface area contributed by atoms with Crippen molar-refractivity contribution in [2.24, 2.45) is 0 Å². The third-order valence-corrected chi connectivity index (χ3v) is 3.88. The van der Waals surface area contributed by atoms with E-state index < -0.39 is 0 Å². The van der Waals surface area contributed by atoms with Crippen LogP contribution in [0.4, 0.5) is 5.82 Å². The number of ether oxygens (including phenoxy) is 1. The first kappa shape index (κ1) is 15.5. The van der Waals surface area contributed by atoms with Gasteiger partial charge >= 0.3 is 0 Å². The van der Waals surface area contributed by atoms with Crippen molar-refractivity contribution in [1.29, 1.82) is 0 Å². The van der Waals surface area contributed by atoms with Gasteiger partial charge in [-0.25, -0.2) is 4.98 Å². The fourth-order valence-corrected chi connectivity index (χ4v) is 2.57. The number of carbonyl (C=O) groups excluding carboxylic acids is 1. The summed E-state index contributed by atoms with van der Waals surface area (Å²) in [4.78, 5) is 18.8. The van der Waals surface area contributed by atoms with E-state index in [0.717, 1.165) is 43.2 Å². The molecule has 0 aliphatic carbocycles. The largest absolute Gasteiger partial charge is 0.378 e. The first-order valence-electron chi connectivity index (χ1n) is 7.85. The lowest BCUT2D eigenvalue weighted by molar-refractivity contribution is 0.0950. The molecule has 1 aliphatic heterocycles. The highest BCUT2D eigenvalue weighted by molar-refractivity contribution is 5.94. The summed E-state index contributed by atoms with van der Waals surface area (Å²) >= 11 is 0. The van der Waals surface area contributed by atoms with Crippen LogP contribution >= 0.6 is 0 Å². The quantitative estimate of drug-likeness (QED) is 0.940. The lowest BCUT2D eigenvalue weighted by atomic mass is 10.1. The molecule has 2 aromatic rings. The number of hydrogen-bond donors (Lipinski definition) is 1. The minimum absolute atomic E-state index is 0.0639. The number of pyridine rings is 1. The fraction of sp³-hybridized carbons (Fsp3) is 0.333. The number of nitrogens with one attached hydrogen (secondary N) is 1. The van der Waals surface area contributed by atoms with Crippen molar-refractivity contribution < 1.29 is 9.53 Å². The minimum Gasteiger partial charge on any atom is -0.378 e.